The Labute approximate surface area is 229 Å². The largest absolute Gasteiger partial charge is 0.497 e. The molecule has 0 radical (unpaired) electrons. The minimum absolute atomic E-state index is 0.264. The number of hydrogen-bond donors (Lipinski definition) is 1. The van der Waals surface area contributed by atoms with Crippen LogP contribution in [0.15, 0.2) is 42.6 Å². The van der Waals surface area contributed by atoms with E-state index >= 15 is 0 Å². The summed E-state index contributed by atoms with van der Waals surface area (Å²) in [6.45, 7) is 4.57. The maximum atomic E-state index is 14.7. The third-order valence-electron chi connectivity index (χ3n) is 7.82. The highest BCUT2D eigenvalue weighted by atomic mass is 31.2. The third-order valence-corrected chi connectivity index (χ3v) is 10.6. The van der Waals surface area contributed by atoms with Crippen molar-refractivity contribution in [2.75, 3.05) is 40.4 Å². The lowest BCUT2D eigenvalue weighted by molar-refractivity contribution is 0.0972. The maximum Gasteiger partial charge on any atom is 0.311 e. The fraction of sp³-hybridized carbons (Fsp3) is 0.448. The lowest BCUT2D eigenvalue weighted by atomic mass is 10.0. The Morgan fingerprint density at radius 3 is 1.95 bits per heavy atom. The first-order valence-electron chi connectivity index (χ1n) is 13.7. The van der Waals surface area contributed by atoms with Crippen molar-refractivity contribution in [2.45, 2.75) is 45.4 Å². The fourth-order valence-corrected chi connectivity index (χ4v) is 8.45. The topological polar surface area (TPSA) is 92.6 Å². The Bertz CT molecular complexity index is 1380. The van der Waals surface area contributed by atoms with Crippen molar-refractivity contribution >= 4 is 24.8 Å². The molecule has 2 aromatic heterocycles. The molecule has 1 N–H and O–H groups in total. The van der Waals surface area contributed by atoms with Gasteiger partial charge in [-0.25, -0.2) is 9.34 Å². The van der Waals surface area contributed by atoms with E-state index in [4.69, 9.17) is 9.47 Å². The number of rotatable bonds is 8. The summed E-state index contributed by atoms with van der Waals surface area (Å²) in [4.78, 5) is 28.0. The van der Waals surface area contributed by atoms with Gasteiger partial charge in [0.25, 0.3) is 5.91 Å². The molecule has 39 heavy (non-hydrogen) atoms. The second kappa shape index (κ2) is 11.5. The molecule has 5 rings (SSSR count). The minimum Gasteiger partial charge on any atom is -0.497 e. The lowest BCUT2D eigenvalue weighted by Gasteiger charge is -2.42. The number of pyridine rings is 1. The van der Waals surface area contributed by atoms with Gasteiger partial charge in [-0.1, -0.05) is 18.9 Å². The minimum atomic E-state index is -3.34. The van der Waals surface area contributed by atoms with Crippen LogP contribution in [-0.4, -0.2) is 65.8 Å². The van der Waals surface area contributed by atoms with E-state index in [1.165, 1.54) is 14.2 Å². The molecule has 0 bridgehead atoms. The van der Waals surface area contributed by atoms with Gasteiger partial charge in [0.15, 0.2) is 0 Å². The van der Waals surface area contributed by atoms with Crippen molar-refractivity contribution in [3.05, 3.63) is 65.0 Å². The van der Waals surface area contributed by atoms with Gasteiger partial charge in [0.1, 0.15) is 11.5 Å². The molecule has 2 aliphatic heterocycles. The number of carbonyl (C=O) groups excluding carboxylic acids is 2. The van der Waals surface area contributed by atoms with Gasteiger partial charge in [0.05, 0.1) is 31.0 Å². The molecule has 0 aliphatic carbocycles. The van der Waals surface area contributed by atoms with Crippen LogP contribution < -0.4 is 14.6 Å². The zero-order valence-electron chi connectivity index (χ0n) is 22.9. The van der Waals surface area contributed by atoms with E-state index < -0.39 is 13.5 Å². The average Bonchev–Trinajstić information content (AvgIpc) is 3.28. The summed E-state index contributed by atoms with van der Waals surface area (Å²) in [5, 5.41) is 3.01. The van der Waals surface area contributed by atoms with Crippen LogP contribution in [0.1, 0.15) is 70.5 Å². The summed E-state index contributed by atoms with van der Waals surface area (Å²) in [5.41, 5.74) is 2.25. The van der Waals surface area contributed by atoms with Crippen molar-refractivity contribution in [2.24, 2.45) is 0 Å². The van der Waals surface area contributed by atoms with Gasteiger partial charge < -0.3 is 13.9 Å². The summed E-state index contributed by atoms with van der Waals surface area (Å²) in [6.07, 6.45) is 7.84. The summed E-state index contributed by atoms with van der Waals surface area (Å²) in [7, 11) is -0.275. The molecular weight excluding hydrogens is 515 g/mol. The van der Waals surface area contributed by atoms with Crippen LogP contribution in [0.2, 0.25) is 0 Å². The van der Waals surface area contributed by atoms with Gasteiger partial charge >= 0.3 is 7.59 Å². The summed E-state index contributed by atoms with van der Waals surface area (Å²) in [6, 6.07) is 10.5. The number of hydrogen-bond acceptors (Lipinski definition) is 5. The fourth-order valence-electron chi connectivity index (χ4n) is 5.78. The Balaban J connectivity index is 1.56. The number of piperidine rings is 2. The molecule has 1 amide bonds. The number of amides is 1. The van der Waals surface area contributed by atoms with Crippen LogP contribution >= 0.6 is 7.59 Å². The van der Waals surface area contributed by atoms with E-state index in [1.807, 2.05) is 27.5 Å². The van der Waals surface area contributed by atoms with Crippen molar-refractivity contribution in [1.29, 1.82) is 0 Å². The first-order chi connectivity index (χ1) is 18.9. The number of nitrogens with zero attached hydrogens (tertiary/aromatic N) is 3. The molecule has 2 fully saturated rings. The Morgan fingerprint density at radius 2 is 1.41 bits per heavy atom. The summed E-state index contributed by atoms with van der Waals surface area (Å²) in [5.74, 6) is 0.314. The quantitative estimate of drug-likeness (QED) is 0.299. The van der Waals surface area contributed by atoms with Crippen LogP contribution in [0.4, 0.5) is 0 Å². The van der Waals surface area contributed by atoms with Crippen molar-refractivity contribution in [1.82, 2.24) is 18.8 Å². The molecule has 2 saturated heterocycles. The average molecular weight is 553 g/mol. The molecule has 0 spiro atoms. The monoisotopic (exact) mass is 552 g/mol. The lowest BCUT2D eigenvalue weighted by Crippen LogP contribution is -2.44. The van der Waals surface area contributed by atoms with Gasteiger partial charge in [-0.05, 0) is 62.4 Å². The van der Waals surface area contributed by atoms with Gasteiger partial charge in [-0.15, -0.1) is 0 Å². The van der Waals surface area contributed by atoms with Gasteiger partial charge in [0.2, 0.25) is 5.78 Å². The summed E-state index contributed by atoms with van der Waals surface area (Å²) < 4.78 is 31.1. The second-order valence-electron chi connectivity index (χ2n) is 10.2. The second-order valence-corrected chi connectivity index (χ2v) is 12.7. The first kappa shape index (κ1) is 27.4. The highest BCUT2D eigenvalue weighted by molar-refractivity contribution is 7.57. The predicted molar refractivity (Wildman–Crippen MR) is 151 cm³/mol. The van der Waals surface area contributed by atoms with E-state index in [1.54, 1.807) is 35.7 Å². The summed E-state index contributed by atoms with van der Waals surface area (Å²) >= 11 is 0. The van der Waals surface area contributed by atoms with Gasteiger partial charge in [-0.3, -0.25) is 19.2 Å². The zero-order chi connectivity index (χ0) is 27.6. The molecule has 3 aromatic rings. The Hall–Kier alpha value is -3.13. The maximum absolute atomic E-state index is 14.7. The van der Waals surface area contributed by atoms with E-state index in [9.17, 15) is 14.2 Å². The zero-order valence-corrected chi connectivity index (χ0v) is 23.8. The normalized spacial score (nSPS) is 17.2. The number of benzene rings is 1. The number of methoxy groups -OCH3 is 2. The van der Waals surface area contributed by atoms with E-state index in [-0.39, 0.29) is 5.78 Å². The van der Waals surface area contributed by atoms with Crippen molar-refractivity contribution in [3.8, 4) is 11.5 Å². The van der Waals surface area contributed by atoms with Crippen molar-refractivity contribution in [3.63, 3.8) is 0 Å². The highest BCUT2D eigenvalue weighted by Crippen LogP contribution is 2.52. The smallest absolute Gasteiger partial charge is 0.311 e. The number of ketones is 1. The highest BCUT2D eigenvalue weighted by Gasteiger charge is 2.41. The first-order valence-corrected chi connectivity index (χ1v) is 15.3. The number of aromatic nitrogens is 1. The van der Waals surface area contributed by atoms with Crippen LogP contribution in [0.25, 0.3) is 5.52 Å². The standard InChI is InChI=1S/C29H37N4O5P/c1-21-26(29(35)30-39(36,31-13-7-4-8-14-31)32-15-9-5-10-16-32)25-12-6-11-17-33(25)27(21)28(34)22-18-23(37-2)20-24(19-22)38-3/h6,11-12,17-20H,4-5,7-10,13-16H2,1-3H3,(H,30,35,36). The van der Waals surface area contributed by atoms with Crippen LogP contribution in [0, 0.1) is 6.92 Å². The molecule has 9 nitrogen and oxygen atoms in total. The molecule has 1 aromatic carbocycles. The molecule has 10 heteroatoms. The molecule has 2 aliphatic rings. The third kappa shape index (κ3) is 5.23. The van der Waals surface area contributed by atoms with E-state index in [0.29, 0.717) is 65.6 Å². The molecule has 0 atom stereocenters. The molecule has 0 unspecified atom stereocenters. The van der Waals surface area contributed by atoms with Gasteiger partial charge in [0, 0.05) is 44.0 Å². The molecule has 0 saturated carbocycles. The van der Waals surface area contributed by atoms with E-state index in [0.717, 1.165) is 38.5 Å². The molecule has 4 heterocycles. The van der Waals surface area contributed by atoms with Crippen LogP contribution in [0.3, 0.4) is 0 Å². The number of nitrogens with one attached hydrogen (secondary N) is 1. The molecule has 208 valence electrons. The van der Waals surface area contributed by atoms with Crippen LogP contribution in [-0.2, 0) is 4.57 Å². The van der Waals surface area contributed by atoms with Crippen LogP contribution in [0.5, 0.6) is 11.5 Å². The number of carbonyl (C=O) groups is 2. The SMILES string of the molecule is COc1cc(OC)cc(C(=O)c2c(C)c(C(=O)NP(=O)(N3CCCCC3)N3CCCCC3)c3ccccn23)c1. The number of fused-ring (bicyclic) bond motifs is 1. The Morgan fingerprint density at radius 1 is 0.846 bits per heavy atom. The molecular formula is C29H37N4O5P. The Kier molecular flexibility index (Phi) is 8.12. The predicted octanol–water partition coefficient (Wildman–Crippen LogP) is 5.31. The number of ether oxygens (including phenoxy) is 2. The van der Waals surface area contributed by atoms with E-state index in [2.05, 4.69) is 5.09 Å². The van der Waals surface area contributed by atoms with Gasteiger partial charge in [-0.2, -0.15) is 0 Å². The van der Waals surface area contributed by atoms with Crippen molar-refractivity contribution < 1.29 is 23.6 Å².